The molecule has 3 heteroatoms. The molecule has 1 rings (SSSR count). The highest BCUT2D eigenvalue weighted by molar-refractivity contribution is 7.80. The maximum atomic E-state index is 10.5. The minimum atomic E-state index is -0.308. The number of esters is 1. The first kappa shape index (κ1) is 8.14. The molecule has 0 bridgehead atoms. The van der Waals surface area contributed by atoms with E-state index in [0.29, 0.717) is 5.75 Å². The Morgan fingerprint density at radius 2 is 1.91 bits per heavy atom. The fourth-order valence-corrected chi connectivity index (χ4v) is 0.829. The zero-order valence-electron chi connectivity index (χ0n) is 6.07. The summed E-state index contributed by atoms with van der Waals surface area (Å²) in [5, 5.41) is 0. The molecule has 0 heterocycles. The topological polar surface area (TPSA) is 26.3 Å². The summed E-state index contributed by atoms with van der Waals surface area (Å²) in [5.74, 6) is 0.243. The number of carbonyl (C=O) groups excluding carboxylic acids is 1. The van der Waals surface area contributed by atoms with Crippen LogP contribution in [0.3, 0.4) is 0 Å². The Bertz CT molecular complexity index is 253. The number of carbonyl (C=O) groups is 1. The Kier molecular flexibility index (Phi) is 2.54. The number of hydrogen-bond acceptors (Lipinski definition) is 3. The molecular weight excluding hydrogens is 160 g/mol. The normalized spacial score (nSPS) is 9.27. The standard InChI is InChI=1S/C8H8O2S/c1-6(9)10-7-2-4-8(11)5-3-7/h2-5,11H,1H3. The van der Waals surface area contributed by atoms with Crippen molar-refractivity contribution in [2.24, 2.45) is 0 Å². The third kappa shape index (κ3) is 2.63. The summed E-state index contributed by atoms with van der Waals surface area (Å²) in [6.45, 7) is 1.37. The van der Waals surface area contributed by atoms with Gasteiger partial charge in [0.1, 0.15) is 5.75 Å². The van der Waals surface area contributed by atoms with Crippen LogP contribution in [0, 0.1) is 0 Å². The van der Waals surface area contributed by atoms with Gasteiger partial charge >= 0.3 is 5.97 Å². The van der Waals surface area contributed by atoms with Crippen molar-refractivity contribution < 1.29 is 9.53 Å². The summed E-state index contributed by atoms with van der Waals surface area (Å²) in [7, 11) is 0. The van der Waals surface area contributed by atoms with E-state index in [-0.39, 0.29) is 5.97 Å². The Labute approximate surface area is 70.6 Å². The van der Waals surface area contributed by atoms with Gasteiger partial charge in [-0.3, -0.25) is 4.79 Å². The van der Waals surface area contributed by atoms with Crippen molar-refractivity contribution in [1.29, 1.82) is 0 Å². The molecule has 2 nitrogen and oxygen atoms in total. The summed E-state index contributed by atoms with van der Waals surface area (Å²) in [6.07, 6.45) is 0. The molecule has 0 aliphatic heterocycles. The molecule has 0 N–H and O–H groups in total. The predicted molar refractivity (Wildman–Crippen MR) is 45.0 cm³/mol. The average molecular weight is 168 g/mol. The van der Waals surface area contributed by atoms with Crippen LogP contribution in [0.1, 0.15) is 6.92 Å². The highest BCUT2D eigenvalue weighted by atomic mass is 32.1. The van der Waals surface area contributed by atoms with Crippen LogP contribution in [0.2, 0.25) is 0 Å². The number of thiol groups is 1. The van der Waals surface area contributed by atoms with Crippen LogP contribution in [-0.4, -0.2) is 5.97 Å². The maximum Gasteiger partial charge on any atom is 0.308 e. The fraction of sp³-hybridized carbons (Fsp3) is 0.125. The van der Waals surface area contributed by atoms with E-state index < -0.39 is 0 Å². The van der Waals surface area contributed by atoms with Crippen LogP contribution in [-0.2, 0) is 4.79 Å². The number of benzene rings is 1. The lowest BCUT2D eigenvalue weighted by Gasteiger charge is -1.99. The van der Waals surface area contributed by atoms with Gasteiger partial charge in [0.15, 0.2) is 0 Å². The van der Waals surface area contributed by atoms with Crippen molar-refractivity contribution in [3.8, 4) is 5.75 Å². The van der Waals surface area contributed by atoms with Gasteiger partial charge in [-0.2, -0.15) is 0 Å². The monoisotopic (exact) mass is 168 g/mol. The largest absolute Gasteiger partial charge is 0.427 e. The minimum Gasteiger partial charge on any atom is -0.427 e. The molecule has 0 aliphatic carbocycles. The van der Waals surface area contributed by atoms with E-state index in [1.807, 2.05) is 0 Å². The summed E-state index contributed by atoms with van der Waals surface area (Å²) >= 11 is 4.08. The van der Waals surface area contributed by atoms with Crippen molar-refractivity contribution in [3.63, 3.8) is 0 Å². The van der Waals surface area contributed by atoms with Crippen molar-refractivity contribution >= 4 is 18.6 Å². The van der Waals surface area contributed by atoms with Crippen LogP contribution in [0.15, 0.2) is 29.2 Å². The molecular formula is C8H8O2S. The Morgan fingerprint density at radius 1 is 1.36 bits per heavy atom. The smallest absolute Gasteiger partial charge is 0.308 e. The second kappa shape index (κ2) is 3.44. The van der Waals surface area contributed by atoms with Gasteiger partial charge in [-0.1, -0.05) is 0 Å². The van der Waals surface area contributed by atoms with E-state index in [0.717, 1.165) is 4.90 Å². The van der Waals surface area contributed by atoms with E-state index in [1.165, 1.54) is 6.92 Å². The molecule has 0 aromatic heterocycles. The summed E-state index contributed by atoms with van der Waals surface area (Å²) in [5.41, 5.74) is 0. The van der Waals surface area contributed by atoms with Gasteiger partial charge in [0.25, 0.3) is 0 Å². The van der Waals surface area contributed by atoms with E-state index in [1.54, 1.807) is 24.3 Å². The van der Waals surface area contributed by atoms with Gasteiger partial charge in [0.2, 0.25) is 0 Å². The Morgan fingerprint density at radius 3 is 2.36 bits per heavy atom. The van der Waals surface area contributed by atoms with Gasteiger partial charge in [0.05, 0.1) is 0 Å². The molecule has 1 aromatic rings. The molecule has 0 saturated heterocycles. The SMILES string of the molecule is CC(=O)Oc1ccc(S)cc1. The Hall–Kier alpha value is -0.960. The van der Waals surface area contributed by atoms with Gasteiger partial charge in [-0.15, -0.1) is 12.6 Å². The highest BCUT2D eigenvalue weighted by Crippen LogP contribution is 2.13. The average Bonchev–Trinajstić information content (AvgIpc) is 1.93. The molecule has 0 amide bonds. The molecule has 0 spiro atoms. The first-order valence-electron chi connectivity index (χ1n) is 3.16. The van der Waals surface area contributed by atoms with E-state index in [9.17, 15) is 4.79 Å². The molecule has 58 valence electrons. The third-order valence-electron chi connectivity index (χ3n) is 1.10. The molecule has 11 heavy (non-hydrogen) atoms. The van der Waals surface area contributed by atoms with Crippen molar-refractivity contribution in [2.45, 2.75) is 11.8 Å². The van der Waals surface area contributed by atoms with Crippen molar-refractivity contribution in [2.75, 3.05) is 0 Å². The zero-order chi connectivity index (χ0) is 8.27. The second-order valence-corrected chi connectivity index (χ2v) is 2.60. The first-order valence-corrected chi connectivity index (χ1v) is 3.60. The lowest BCUT2D eigenvalue weighted by atomic mass is 10.3. The number of ether oxygens (including phenoxy) is 1. The summed E-state index contributed by atoms with van der Waals surface area (Å²) < 4.78 is 4.80. The third-order valence-corrected chi connectivity index (χ3v) is 1.40. The molecule has 0 unspecified atom stereocenters. The number of rotatable bonds is 1. The Balaban J connectivity index is 2.74. The lowest BCUT2D eigenvalue weighted by molar-refractivity contribution is -0.131. The highest BCUT2D eigenvalue weighted by Gasteiger charge is 1.95. The molecule has 0 aliphatic rings. The quantitative estimate of drug-likeness (QED) is 0.394. The molecule has 0 atom stereocenters. The van der Waals surface area contributed by atoms with Gasteiger partial charge in [-0.25, -0.2) is 0 Å². The van der Waals surface area contributed by atoms with E-state index in [2.05, 4.69) is 12.6 Å². The van der Waals surface area contributed by atoms with Gasteiger partial charge in [0, 0.05) is 11.8 Å². The van der Waals surface area contributed by atoms with E-state index in [4.69, 9.17) is 4.74 Å². The van der Waals surface area contributed by atoms with Gasteiger partial charge in [-0.05, 0) is 24.3 Å². The van der Waals surface area contributed by atoms with Crippen molar-refractivity contribution in [3.05, 3.63) is 24.3 Å². The molecule has 1 aromatic carbocycles. The van der Waals surface area contributed by atoms with Crippen LogP contribution in [0.4, 0.5) is 0 Å². The second-order valence-electron chi connectivity index (χ2n) is 2.09. The van der Waals surface area contributed by atoms with Crippen LogP contribution >= 0.6 is 12.6 Å². The van der Waals surface area contributed by atoms with Crippen LogP contribution in [0.25, 0.3) is 0 Å². The van der Waals surface area contributed by atoms with E-state index >= 15 is 0 Å². The zero-order valence-corrected chi connectivity index (χ0v) is 6.97. The minimum absolute atomic E-state index is 0.308. The first-order chi connectivity index (χ1) is 5.18. The molecule has 0 saturated carbocycles. The fourth-order valence-electron chi connectivity index (χ4n) is 0.680. The van der Waals surface area contributed by atoms with Crippen molar-refractivity contribution in [1.82, 2.24) is 0 Å². The summed E-state index contributed by atoms with van der Waals surface area (Å²) in [4.78, 5) is 11.3. The van der Waals surface area contributed by atoms with Gasteiger partial charge < -0.3 is 4.74 Å². The van der Waals surface area contributed by atoms with Crippen LogP contribution in [0.5, 0.6) is 5.75 Å². The predicted octanol–water partition coefficient (Wildman–Crippen LogP) is 1.90. The molecule has 0 fully saturated rings. The number of hydrogen-bond donors (Lipinski definition) is 1. The molecule has 0 radical (unpaired) electrons. The maximum absolute atomic E-state index is 10.5. The summed E-state index contributed by atoms with van der Waals surface area (Å²) in [6, 6.07) is 6.93. The lowest BCUT2D eigenvalue weighted by Crippen LogP contribution is -2.00. The van der Waals surface area contributed by atoms with Crippen LogP contribution < -0.4 is 4.74 Å².